The molecule has 0 saturated carbocycles. The van der Waals surface area contributed by atoms with E-state index in [1.165, 1.54) is 0 Å². The van der Waals surface area contributed by atoms with Gasteiger partial charge in [0.1, 0.15) is 5.82 Å². The lowest BCUT2D eigenvalue weighted by Crippen LogP contribution is -2.22. The third-order valence-corrected chi connectivity index (χ3v) is 3.06. The van der Waals surface area contributed by atoms with Crippen LogP contribution < -0.4 is 16.5 Å². The quantitative estimate of drug-likeness (QED) is 0.748. The van der Waals surface area contributed by atoms with Crippen LogP contribution in [0.25, 0.3) is 11.4 Å². The van der Waals surface area contributed by atoms with Crippen molar-refractivity contribution >= 4 is 33.5 Å². The van der Waals surface area contributed by atoms with Gasteiger partial charge in [-0.15, -0.1) is 0 Å². The lowest BCUT2D eigenvalue weighted by Gasteiger charge is -2.07. The van der Waals surface area contributed by atoms with Crippen LogP contribution >= 0.6 is 27.5 Å². The van der Waals surface area contributed by atoms with Crippen LogP contribution in [0.15, 0.2) is 27.5 Å². The van der Waals surface area contributed by atoms with E-state index in [0.717, 1.165) is 4.47 Å². The highest BCUT2D eigenvalue weighted by Gasteiger charge is 2.12. The Hall–Kier alpha value is -1.44. The zero-order valence-corrected chi connectivity index (χ0v) is 11.6. The van der Waals surface area contributed by atoms with Gasteiger partial charge in [0.25, 0.3) is 0 Å². The molecule has 6 nitrogen and oxygen atoms in total. The molecule has 0 aliphatic carbocycles. The van der Waals surface area contributed by atoms with Gasteiger partial charge in [0.15, 0.2) is 0 Å². The second-order valence-corrected chi connectivity index (χ2v) is 4.56. The average Bonchev–Trinajstić information content (AvgIpc) is 2.28. The Bertz CT molecular complexity index is 610. The summed E-state index contributed by atoms with van der Waals surface area (Å²) < 4.78 is 0.736. The molecule has 2 rings (SSSR count). The molecule has 0 aliphatic heterocycles. The van der Waals surface area contributed by atoms with Gasteiger partial charge >= 0.3 is 5.69 Å². The SMILES string of the molecule is CNNc1nc(-c2c(Cl)cccc2Br)[nH]c(=O)n1. The number of benzene rings is 1. The van der Waals surface area contributed by atoms with E-state index in [1.807, 2.05) is 6.07 Å². The lowest BCUT2D eigenvalue weighted by atomic mass is 10.2. The topological polar surface area (TPSA) is 82.7 Å². The maximum absolute atomic E-state index is 11.4. The van der Waals surface area contributed by atoms with Crippen molar-refractivity contribution in [1.82, 2.24) is 20.4 Å². The summed E-state index contributed by atoms with van der Waals surface area (Å²) in [6, 6.07) is 5.32. The van der Waals surface area contributed by atoms with Crippen molar-refractivity contribution in [3.63, 3.8) is 0 Å². The second-order valence-electron chi connectivity index (χ2n) is 3.30. The summed E-state index contributed by atoms with van der Waals surface area (Å²) in [4.78, 5) is 21.8. The van der Waals surface area contributed by atoms with Crippen molar-refractivity contribution in [2.45, 2.75) is 0 Å². The van der Waals surface area contributed by atoms with Crippen molar-refractivity contribution in [3.8, 4) is 11.4 Å². The average molecular weight is 331 g/mol. The Labute approximate surface area is 116 Å². The second kappa shape index (κ2) is 5.47. The maximum atomic E-state index is 11.4. The van der Waals surface area contributed by atoms with E-state index < -0.39 is 5.69 Å². The van der Waals surface area contributed by atoms with Crippen LogP contribution in [-0.2, 0) is 0 Å². The van der Waals surface area contributed by atoms with Crippen LogP contribution in [0.5, 0.6) is 0 Å². The number of hydrogen-bond donors (Lipinski definition) is 3. The molecular weight excluding hydrogens is 322 g/mol. The number of anilines is 1. The van der Waals surface area contributed by atoms with E-state index in [4.69, 9.17) is 11.6 Å². The molecule has 0 radical (unpaired) electrons. The number of nitrogens with one attached hydrogen (secondary N) is 3. The van der Waals surface area contributed by atoms with E-state index in [0.29, 0.717) is 16.4 Å². The van der Waals surface area contributed by atoms with Crippen LogP contribution in [0.4, 0.5) is 5.95 Å². The molecule has 0 atom stereocenters. The molecule has 18 heavy (non-hydrogen) atoms. The van der Waals surface area contributed by atoms with Crippen LogP contribution in [0, 0.1) is 0 Å². The molecule has 1 aromatic heterocycles. The van der Waals surface area contributed by atoms with E-state index in [-0.39, 0.29) is 5.95 Å². The molecule has 0 spiro atoms. The van der Waals surface area contributed by atoms with E-state index in [2.05, 4.69) is 41.7 Å². The minimum Gasteiger partial charge on any atom is -0.290 e. The third kappa shape index (κ3) is 2.69. The number of hydrogen-bond acceptors (Lipinski definition) is 5. The van der Waals surface area contributed by atoms with Crippen LogP contribution in [0.3, 0.4) is 0 Å². The molecule has 0 unspecified atom stereocenters. The fraction of sp³-hybridized carbons (Fsp3) is 0.100. The molecule has 2 aromatic rings. The smallest absolute Gasteiger partial charge is 0.290 e. The molecule has 0 amide bonds. The van der Waals surface area contributed by atoms with Crippen LogP contribution in [0.2, 0.25) is 5.02 Å². The zero-order chi connectivity index (χ0) is 13.1. The molecule has 8 heteroatoms. The van der Waals surface area contributed by atoms with E-state index in [1.54, 1.807) is 19.2 Å². The molecule has 1 heterocycles. The molecule has 0 fully saturated rings. The summed E-state index contributed by atoms with van der Waals surface area (Å²) in [7, 11) is 1.65. The molecule has 3 N–H and O–H groups in total. The number of aromatic nitrogens is 3. The molecule has 0 saturated heterocycles. The number of H-pyrrole nitrogens is 1. The number of nitrogens with zero attached hydrogens (tertiary/aromatic N) is 2. The zero-order valence-electron chi connectivity index (χ0n) is 9.29. The Kier molecular flexibility index (Phi) is 3.95. The first-order chi connectivity index (χ1) is 8.61. The van der Waals surface area contributed by atoms with Gasteiger partial charge in [0.05, 0.1) is 10.6 Å². The fourth-order valence-corrected chi connectivity index (χ4v) is 2.33. The minimum absolute atomic E-state index is 0.170. The van der Waals surface area contributed by atoms with Gasteiger partial charge in [-0.1, -0.05) is 17.7 Å². The highest BCUT2D eigenvalue weighted by molar-refractivity contribution is 9.10. The van der Waals surface area contributed by atoms with Gasteiger partial charge in [-0.2, -0.15) is 9.97 Å². The predicted octanol–water partition coefficient (Wildman–Crippen LogP) is 1.79. The molecule has 94 valence electrons. The minimum atomic E-state index is -0.510. The summed E-state index contributed by atoms with van der Waals surface area (Å²) >= 11 is 9.47. The summed E-state index contributed by atoms with van der Waals surface area (Å²) in [5.74, 6) is 0.508. The number of halogens is 2. The van der Waals surface area contributed by atoms with Crippen molar-refractivity contribution in [2.24, 2.45) is 0 Å². The summed E-state index contributed by atoms with van der Waals surface area (Å²) in [6.07, 6.45) is 0. The molecule has 0 aliphatic rings. The van der Waals surface area contributed by atoms with E-state index >= 15 is 0 Å². The van der Waals surface area contributed by atoms with E-state index in [9.17, 15) is 4.79 Å². The largest absolute Gasteiger partial charge is 0.349 e. The highest BCUT2D eigenvalue weighted by atomic mass is 79.9. The standard InChI is InChI=1S/C10H9BrClN5O/c1-13-17-9-14-8(15-10(18)16-9)7-5(11)3-2-4-6(7)12/h2-4,13H,1H3,(H2,14,15,16,17,18). The Morgan fingerprint density at radius 1 is 1.39 bits per heavy atom. The maximum Gasteiger partial charge on any atom is 0.349 e. The molecule has 1 aromatic carbocycles. The molecule has 0 bridgehead atoms. The van der Waals surface area contributed by atoms with Gasteiger partial charge in [-0.3, -0.25) is 10.4 Å². The van der Waals surface area contributed by atoms with Gasteiger partial charge in [-0.05, 0) is 28.1 Å². The number of aromatic amines is 1. The van der Waals surface area contributed by atoms with Gasteiger partial charge in [0.2, 0.25) is 5.95 Å². The van der Waals surface area contributed by atoms with Gasteiger partial charge in [0, 0.05) is 11.5 Å². The third-order valence-electron chi connectivity index (χ3n) is 2.09. The summed E-state index contributed by atoms with van der Waals surface area (Å²) in [5.41, 5.74) is 5.39. The lowest BCUT2D eigenvalue weighted by molar-refractivity contribution is 0.905. The monoisotopic (exact) mass is 329 g/mol. The number of hydrazine groups is 1. The van der Waals surface area contributed by atoms with Crippen LogP contribution in [0.1, 0.15) is 0 Å². The Morgan fingerprint density at radius 3 is 2.83 bits per heavy atom. The Morgan fingerprint density at radius 2 is 2.17 bits per heavy atom. The van der Waals surface area contributed by atoms with Crippen molar-refractivity contribution in [2.75, 3.05) is 12.5 Å². The summed E-state index contributed by atoms with van der Waals surface area (Å²) in [6.45, 7) is 0. The van der Waals surface area contributed by atoms with Crippen LogP contribution in [-0.4, -0.2) is 22.0 Å². The van der Waals surface area contributed by atoms with Crippen molar-refractivity contribution in [1.29, 1.82) is 0 Å². The highest BCUT2D eigenvalue weighted by Crippen LogP contribution is 2.32. The predicted molar refractivity (Wildman–Crippen MR) is 73.5 cm³/mol. The first-order valence-electron chi connectivity index (χ1n) is 4.97. The summed E-state index contributed by atoms with van der Waals surface area (Å²) in [5, 5.41) is 0.481. The van der Waals surface area contributed by atoms with Crippen molar-refractivity contribution in [3.05, 3.63) is 38.2 Å². The molecular formula is C10H9BrClN5O. The van der Waals surface area contributed by atoms with Gasteiger partial charge in [-0.25, -0.2) is 10.2 Å². The number of rotatable bonds is 3. The van der Waals surface area contributed by atoms with Gasteiger partial charge < -0.3 is 0 Å². The van der Waals surface area contributed by atoms with Crippen molar-refractivity contribution < 1.29 is 0 Å². The fourth-order valence-electron chi connectivity index (χ4n) is 1.39. The Balaban J connectivity index is 2.60. The normalized spacial score (nSPS) is 10.4. The first-order valence-corrected chi connectivity index (χ1v) is 6.14. The first kappa shape index (κ1) is 13.0.